The summed E-state index contributed by atoms with van der Waals surface area (Å²) in [6.45, 7) is 19.5. The molecular formula is C25H45NO. The maximum atomic E-state index is 6.40. The topological polar surface area (TPSA) is 35.2 Å². The molecule has 0 aromatic carbocycles. The van der Waals surface area contributed by atoms with E-state index in [0.29, 0.717) is 5.92 Å². The van der Waals surface area contributed by atoms with Crippen LogP contribution in [0, 0.1) is 5.92 Å². The van der Waals surface area contributed by atoms with E-state index < -0.39 is 0 Å². The van der Waals surface area contributed by atoms with Crippen LogP contribution in [-0.2, 0) is 4.74 Å². The predicted octanol–water partition coefficient (Wildman–Crippen LogP) is 7.13. The van der Waals surface area contributed by atoms with E-state index in [1.807, 2.05) is 0 Å². The van der Waals surface area contributed by atoms with Crippen molar-refractivity contribution < 1.29 is 4.74 Å². The van der Waals surface area contributed by atoms with E-state index in [1.54, 1.807) is 0 Å². The van der Waals surface area contributed by atoms with Crippen LogP contribution in [0.25, 0.3) is 0 Å². The number of hydrogen-bond donors (Lipinski definition) is 1. The van der Waals surface area contributed by atoms with Gasteiger partial charge in [0.2, 0.25) is 0 Å². The first kappa shape index (κ1) is 25.9. The molecule has 0 aliphatic rings. The van der Waals surface area contributed by atoms with Gasteiger partial charge in [-0.3, -0.25) is 0 Å². The van der Waals surface area contributed by atoms with E-state index >= 15 is 0 Å². The number of hydrogen-bond acceptors (Lipinski definition) is 2. The van der Waals surface area contributed by atoms with Crippen molar-refractivity contribution in [1.29, 1.82) is 0 Å². The maximum Gasteiger partial charge on any atom is 0.0785 e. The summed E-state index contributed by atoms with van der Waals surface area (Å²) >= 11 is 0. The molecule has 0 heterocycles. The second-order valence-corrected chi connectivity index (χ2v) is 8.79. The largest absolute Gasteiger partial charge is 0.369 e. The van der Waals surface area contributed by atoms with Crippen molar-refractivity contribution in [3.05, 3.63) is 46.6 Å². The van der Waals surface area contributed by atoms with Gasteiger partial charge in [0.25, 0.3) is 0 Å². The van der Waals surface area contributed by atoms with Crippen LogP contribution in [0.2, 0.25) is 0 Å². The summed E-state index contributed by atoms with van der Waals surface area (Å²) < 4.78 is 6.34. The van der Waals surface area contributed by atoms with Gasteiger partial charge in [-0.15, -0.1) is 0 Å². The first-order chi connectivity index (χ1) is 12.5. The molecule has 0 saturated heterocycles. The molecule has 3 atom stereocenters. The summed E-state index contributed by atoms with van der Waals surface area (Å²) in [5.41, 5.74) is 11.9. The fraction of sp³-hybridized carbons (Fsp3) is 0.680. The molecule has 0 saturated carbocycles. The minimum absolute atomic E-state index is 0.00219. The Kier molecular flexibility index (Phi) is 13.4. The third-order valence-electron chi connectivity index (χ3n) is 4.68. The van der Waals surface area contributed by atoms with Gasteiger partial charge in [-0.2, -0.15) is 0 Å². The van der Waals surface area contributed by atoms with E-state index in [-0.39, 0.29) is 18.2 Å². The Balaban J connectivity index is 4.79. The predicted molar refractivity (Wildman–Crippen MR) is 122 cm³/mol. The zero-order valence-electron chi connectivity index (χ0n) is 19.4. The summed E-state index contributed by atoms with van der Waals surface area (Å²) in [6.07, 6.45) is 13.5. The first-order valence-electron chi connectivity index (χ1n) is 10.5. The number of nitrogens with two attached hydrogens (primary N) is 1. The van der Waals surface area contributed by atoms with Crippen molar-refractivity contribution in [2.24, 2.45) is 11.7 Å². The van der Waals surface area contributed by atoms with Crippen LogP contribution in [0.1, 0.15) is 88.0 Å². The first-order valence-corrected chi connectivity index (χ1v) is 10.5. The smallest absolute Gasteiger partial charge is 0.0785 e. The summed E-state index contributed by atoms with van der Waals surface area (Å²) in [7, 11) is 0. The van der Waals surface area contributed by atoms with Crippen LogP contribution in [0.15, 0.2) is 46.6 Å². The summed E-state index contributed by atoms with van der Waals surface area (Å²) in [5, 5.41) is 0. The van der Waals surface area contributed by atoms with Crippen molar-refractivity contribution in [2.75, 3.05) is 0 Å². The Morgan fingerprint density at radius 1 is 0.778 bits per heavy atom. The third kappa shape index (κ3) is 13.7. The van der Waals surface area contributed by atoms with Gasteiger partial charge in [-0.05, 0) is 80.1 Å². The van der Waals surface area contributed by atoms with E-state index in [9.17, 15) is 0 Å². The lowest BCUT2D eigenvalue weighted by Crippen LogP contribution is -2.37. The lowest BCUT2D eigenvalue weighted by atomic mass is 10.0. The molecule has 0 amide bonds. The van der Waals surface area contributed by atoms with Crippen LogP contribution < -0.4 is 5.73 Å². The molecule has 2 heteroatoms. The third-order valence-corrected chi connectivity index (χ3v) is 4.68. The molecule has 0 spiro atoms. The molecule has 0 aromatic rings. The number of allylic oxidation sites excluding steroid dienone is 6. The lowest BCUT2D eigenvalue weighted by molar-refractivity contribution is -0.00527. The van der Waals surface area contributed by atoms with Gasteiger partial charge in [0.1, 0.15) is 0 Å². The monoisotopic (exact) mass is 375 g/mol. The zero-order chi connectivity index (χ0) is 21.0. The Hall–Kier alpha value is -1.12. The van der Waals surface area contributed by atoms with Crippen LogP contribution in [0.5, 0.6) is 0 Å². The fourth-order valence-corrected chi connectivity index (χ4v) is 2.82. The molecule has 0 rings (SSSR count). The van der Waals surface area contributed by atoms with E-state index in [2.05, 4.69) is 86.6 Å². The molecule has 2 N–H and O–H groups in total. The molecule has 156 valence electrons. The molecule has 3 unspecified atom stereocenters. The highest BCUT2D eigenvalue weighted by molar-refractivity contribution is 5.09. The highest BCUT2D eigenvalue weighted by Crippen LogP contribution is 2.18. The summed E-state index contributed by atoms with van der Waals surface area (Å²) in [4.78, 5) is 0. The van der Waals surface area contributed by atoms with Crippen molar-refractivity contribution in [1.82, 2.24) is 0 Å². The Morgan fingerprint density at radius 2 is 1.22 bits per heavy atom. The SMILES string of the molecule is CC(C)=CCC/C(C)=C/C(N)C(C)OC(/C=C(\C)CCC=C(C)C)C(C)C. The molecule has 27 heavy (non-hydrogen) atoms. The second kappa shape index (κ2) is 14.0. The molecule has 0 bridgehead atoms. The standard InChI is InChI=1S/C25H45NO/c1-18(2)12-10-14-21(7)16-24(26)23(9)27-25(20(5)6)17-22(8)15-11-13-19(3)4/h12-13,16-17,20,23-25H,10-11,14-15,26H2,1-9H3/b21-16+,22-17+. The number of ether oxygens (including phenoxy) is 1. The fourth-order valence-electron chi connectivity index (χ4n) is 2.82. The van der Waals surface area contributed by atoms with Gasteiger partial charge in [-0.1, -0.05) is 60.4 Å². The molecular weight excluding hydrogens is 330 g/mol. The lowest BCUT2D eigenvalue weighted by Gasteiger charge is -2.26. The molecule has 2 nitrogen and oxygen atoms in total. The van der Waals surface area contributed by atoms with Crippen molar-refractivity contribution >= 4 is 0 Å². The Bertz CT molecular complexity index is 529. The van der Waals surface area contributed by atoms with Gasteiger partial charge in [0.05, 0.1) is 12.2 Å². The zero-order valence-corrected chi connectivity index (χ0v) is 19.4. The van der Waals surface area contributed by atoms with Gasteiger partial charge in [0.15, 0.2) is 0 Å². The van der Waals surface area contributed by atoms with E-state index in [1.165, 1.54) is 22.3 Å². The minimum Gasteiger partial charge on any atom is -0.369 e. The average Bonchev–Trinajstić information content (AvgIpc) is 2.53. The molecule has 0 radical (unpaired) electrons. The summed E-state index contributed by atoms with van der Waals surface area (Å²) in [5.74, 6) is 0.431. The van der Waals surface area contributed by atoms with Crippen LogP contribution in [0.4, 0.5) is 0 Å². The summed E-state index contributed by atoms with van der Waals surface area (Å²) in [6, 6.07) is -0.0719. The average molecular weight is 376 g/mol. The maximum absolute atomic E-state index is 6.40. The molecule has 0 aliphatic heterocycles. The minimum atomic E-state index is -0.0719. The Morgan fingerprint density at radius 3 is 1.63 bits per heavy atom. The highest BCUT2D eigenvalue weighted by atomic mass is 16.5. The van der Waals surface area contributed by atoms with Crippen LogP contribution in [0.3, 0.4) is 0 Å². The molecule has 0 fully saturated rings. The number of rotatable bonds is 12. The van der Waals surface area contributed by atoms with E-state index in [4.69, 9.17) is 10.5 Å². The van der Waals surface area contributed by atoms with Crippen molar-refractivity contribution in [2.45, 2.75) is 106 Å². The van der Waals surface area contributed by atoms with Crippen LogP contribution >= 0.6 is 0 Å². The Labute approximate surface area is 169 Å². The van der Waals surface area contributed by atoms with Crippen molar-refractivity contribution in [3.63, 3.8) is 0 Å². The van der Waals surface area contributed by atoms with Crippen molar-refractivity contribution in [3.8, 4) is 0 Å². The normalized spacial score (nSPS) is 16.1. The van der Waals surface area contributed by atoms with E-state index in [0.717, 1.165) is 25.7 Å². The molecule has 0 aliphatic carbocycles. The van der Waals surface area contributed by atoms with Crippen LogP contribution in [-0.4, -0.2) is 18.2 Å². The van der Waals surface area contributed by atoms with Gasteiger partial charge >= 0.3 is 0 Å². The molecule has 0 aromatic heterocycles. The second-order valence-electron chi connectivity index (χ2n) is 8.79. The quantitative estimate of drug-likeness (QED) is 0.368. The van der Waals surface area contributed by atoms with Gasteiger partial charge in [-0.25, -0.2) is 0 Å². The van der Waals surface area contributed by atoms with Gasteiger partial charge < -0.3 is 10.5 Å². The van der Waals surface area contributed by atoms with Gasteiger partial charge in [0, 0.05) is 6.04 Å². The highest BCUT2D eigenvalue weighted by Gasteiger charge is 2.19.